The predicted octanol–water partition coefficient (Wildman–Crippen LogP) is 1.38. The van der Waals surface area contributed by atoms with Gasteiger partial charge >= 0.3 is 0 Å². The number of carbonyl (C=O) groups is 1. The molecule has 110 valence electrons. The van der Waals surface area contributed by atoms with E-state index in [0.29, 0.717) is 18.9 Å². The lowest BCUT2D eigenvalue weighted by atomic mass is 10.1. The van der Waals surface area contributed by atoms with Crippen LogP contribution in [0.15, 0.2) is 24.5 Å². The summed E-state index contributed by atoms with van der Waals surface area (Å²) >= 11 is 0. The zero-order valence-corrected chi connectivity index (χ0v) is 12.3. The third-order valence-corrected chi connectivity index (χ3v) is 4.10. The predicted molar refractivity (Wildman–Crippen MR) is 80.4 cm³/mol. The highest BCUT2D eigenvalue weighted by molar-refractivity contribution is 5.90. The van der Waals surface area contributed by atoms with E-state index in [1.165, 1.54) is 23.1 Å². The average Bonchev–Trinajstić information content (AvgIpc) is 3.04. The molecule has 0 atom stereocenters. The molecule has 1 saturated heterocycles. The van der Waals surface area contributed by atoms with Gasteiger partial charge < -0.3 is 9.80 Å². The van der Waals surface area contributed by atoms with Crippen molar-refractivity contribution in [1.29, 1.82) is 0 Å². The molecule has 1 aromatic carbocycles. The summed E-state index contributed by atoms with van der Waals surface area (Å²) in [5, 5.41) is 6.36. The van der Waals surface area contributed by atoms with Crippen molar-refractivity contribution in [3.63, 3.8) is 0 Å². The molecular weight excluding hydrogens is 266 g/mol. The lowest BCUT2D eigenvalue weighted by molar-refractivity contribution is 0.0735. The first kappa shape index (κ1) is 13.6. The molecule has 0 saturated carbocycles. The molecule has 1 amide bonds. The van der Waals surface area contributed by atoms with E-state index in [-0.39, 0.29) is 5.91 Å². The lowest BCUT2D eigenvalue weighted by Crippen LogP contribution is -2.49. The molecule has 21 heavy (non-hydrogen) atoms. The van der Waals surface area contributed by atoms with Crippen molar-refractivity contribution in [2.24, 2.45) is 0 Å². The van der Waals surface area contributed by atoms with Crippen LogP contribution in [-0.4, -0.2) is 52.2 Å². The van der Waals surface area contributed by atoms with E-state index < -0.39 is 0 Å². The number of amides is 1. The largest absolute Gasteiger partial charge is 0.368 e. The summed E-state index contributed by atoms with van der Waals surface area (Å²) in [5.41, 5.74) is 3.88. The van der Waals surface area contributed by atoms with Gasteiger partial charge in [0.1, 0.15) is 6.33 Å². The first-order valence-electron chi connectivity index (χ1n) is 7.12. The third-order valence-electron chi connectivity index (χ3n) is 4.10. The van der Waals surface area contributed by atoms with Crippen LogP contribution < -0.4 is 4.90 Å². The van der Waals surface area contributed by atoms with Crippen molar-refractivity contribution in [3.05, 3.63) is 41.5 Å². The number of aromatic amines is 1. The Morgan fingerprint density at radius 1 is 1.19 bits per heavy atom. The number of hydrogen-bond donors (Lipinski definition) is 1. The van der Waals surface area contributed by atoms with E-state index in [0.717, 1.165) is 13.1 Å². The Bertz CT molecular complexity index is 630. The number of carbonyl (C=O) groups excluding carboxylic acids is 1. The van der Waals surface area contributed by atoms with Gasteiger partial charge in [0.05, 0.1) is 0 Å². The first-order chi connectivity index (χ1) is 10.2. The summed E-state index contributed by atoms with van der Waals surface area (Å²) in [5.74, 6) is 0.239. The average molecular weight is 285 g/mol. The minimum atomic E-state index is -0.0758. The van der Waals surface area contributed by atoms with Crippen LogP contribution in [0.1, 0.15) is 21.7 Å². The topological polar surface area (TPSA) is 65.1 Å². The number of piperazine rings is 1. The molecule has 3 rings (SSSR count). The number of aromatic nitrogens is 3. The van der Waals surface area contributed by atoms with Gasteiger partial charge in [0, 0.05) is 31.9 Å². The minimum absolute atomic E-state index is 0.0758. The number of H-pyrrole nitrogens is 1. The Labute approximate surface area is 123 Å². The second-order valence-corrected chi connectivity index (χ2v) is 5.33. The maximum atomic E-state index is 12.2. The summed E-state index contributed by atoms with van der Waals surface area (Å²) in [6.07, 6.45) is 1.36. The van der Waals surface area contributed by atoms with Gasteiger partial charge in [-0.25, -0.2) is 4.98 Å². The molecule has 6 nitrogen and oxygen atoms in total. The fraction of sp³-hybridized carbons (Fsp3) is 0.400. The van der Waals surface area contributed by atoms with Crippen LogP contribution in [0.3, 0.4) is 0 Å². The van der Waals surface area contributed by atoms with Crippen molar-refractivity contribution in [1.82, 2.24) is 20.1 Å². The normalized spacial score (nSPS) is 15.3. The standard InChI is InChI=1S/C15H19N5O/c1-11-4-3-5-13(12(11)2)19-6-8-20(9-7-19)15(21)14-16-10-17-18-14/h3-5,10H,6-9H2,1-2H3,(H,16,17,18). The highest BCUT2D eigenvalue weighted by Gasteiger charge is 2.24. The summed E-state index contributed by atoms with van der Waals surface area (Å²) in [6.45, 7) is 7.35. The molecule has 0 aliphatic carbocycles. The van der Waals surface area contributed by atoms with E-state index in [1.54, 1.807) is 0 Å². The van der Waals surface area contributed by atoms with Crippen molar-refractivity contribution in [2.75, 3.05) is 31.1 Å². The van der Waals surface area contributed by atoms with Gasteiger partial charge in [-0.05, 0) is 31.0 Å². The lowest BCUT2D eigenvalue weighted by Gasteiger charge is -2.36. The Balaban J connectivity index is 1.68. The van der Waals surface area contributed by atoms with Crippen molar-refractivity contribution < 1.29 is 4.79 Å². The van der Waals surface area contributed by atoms with E-state index in [2.05, 4.69) is 52.1 Å². The molecule has 1 N–H and O–H groups in total. The number of anilines is 1. The number of nitrogens with one attached hydrogen (secondary N) is 1. The van der Waals surface area contributed by atoms with Crippen LogP contribution >= 0.6 is 0 Å². The molecule has 2 heterocycles. The van der Waals surface area contributed by atoms with Crippen LogP contribution in [0.4, 0.5) is 5.69 Å². The molecule has 1 aromatic heterocycles. The molecule has 1 aliphatic heterocycles. The van der Waals surface area contributed by atoms with Crippen LogP contribution in [0.2, 0.25) is 0 Å². The molecule has 0 radical (unpaired) electrons. The quantitative estimate of drug-likeness (QED) is 0.905. The smallest absolute Gasteiger partial charge is 0.291 e. The van der Waals surface area contributed by atoms with Crippen LogP contribution in [-0.2, 0) is 0 Å². The molecular formula is C15H19N5O. The maximum absolute atomic E-state index is 12.2. The summed E-state index contributed by atoms with van der Waals surface area (Å²) in [6, 6.07) is 6.36. The van der Waals surface area contributed by atoms with Gasteiger partial charge in [0.2, 0.25) is 5.82 Å². The van der Waals surface area contributed by atoms with Gasteiger partial charge in [-0.15, -0.1) is 0 Å². The molecule has 2 aromatic rings. The van der Waals surface area contributed by atoms with E-state index in [1.807, 2.05) is 4.90 Å². The Morgan fingerprint density at radius 3 is 2.62 bits per heavy atom. The van der Waals surface area contributed by atoms with Crippen LogP contribution in [0, 0.1) is 13.8 Å². The molecule has 1 aliphatic rings. The number of benzene rings is 1. The maximum Gasteiger partial charge on any atom is 0.291 e. The van der Waals surface area contributed by atoms with Gasteiger partial charge in [-0.1, -0.05) is 12.1 Å². The Hall–Kier alpha value is -2.37. The molecule has 0 unspecified atom stereocenters. The fourth-order valence-electron chi connectivity index (χ4n) is 2.69. The summed E-state index contributed by atoms with van der Waals surface area (Å²) in [7, 11) is 0. The second kappa shape index (κ2) is 5.55. The van der Waals surface area contributed by atoms with E-state index >= 15 is 0 Å². The Kier molecular flexibility index (Phi) is 3.60. The zero-order chi connectivity index (χ0) is 14.8. The minimum Gasteiger partial charge on any atom is -0.368 e. The second-order valence-electron chi connectivity index (χ2n) is 5.33. The number of rotatable bonds is 2. The van der Waals surface area contributed by atoms with Crippen molar-refractivity contribution in [3.8, 4) is 0 Å². The summed E-state index contributed by atoms with van der Waals surface area (Å²) < 4.78 is 0. The third kappa shape index (κ3) is 2.61. The van der Waals surface area contributed by atoms with Gasteiger partial charge in [0.25, 0.3) is 5.91 Å². The number of aryl methyl sites for hydroxylation is 1. The molecule has 0 bridgehead atoms. The fourth-order valence-corrected chi connectivity index (χ4v) is 2.69. The summed E-state index contributed by atoms with van der Waals surface area (Å²) in [4.78, 5) is 20.3. The number of nitrogens with zero attached hydrogens (tertiary/aromatic N) is 4. The van der Waals surface area contributed by atoms with E-state index in [9.17, 15) is 4.79 Å². The monoisotopic (exact) mass is 285 g/mol. The Morgan fingerprint density at radius 2 is 1.95 bits per heavy atom. The van der Waals surface area contributed by atoms with Gasteiger partial charge in [-0.2, -0.15) is 5.10 Å². The van der Waals surface area contributed by atoms with Gasteiger partial charge in [-0.3, -0.25) is 9.89 Å². The van der Waals surface area contributed by atoms with Crippen molar-refractivity contribution in [2.45, 2.75) is 13.8 Å². The molecule has 0 spiro atoms. The molecule has 1 fully saturated rings. The zero-order valence-electron chi connectivity index (χ0n) is 12.3. The van der Waals surface area contributed by atoms with Gasteiger partial charge in [0.15, 0.2) is 0 Å². The van der Waals surface area contributed by atoms with E-state index in [4.69, 9.17) is 0 Å². The van der Waals surface area contributed by atoms with Crippen LogP contribution in [0.5, 0.6) is 0 Å². The highest BCUT2D eigenvalue weighted by Crippen LogP contribution is 2.24. The van der Waals surface area contributed by atoms with Crippen LogP contribution in [0.25, 0.3) is 0 Å². The molecule has 6 heteroatoms. The first-order valence-corrected chi connectivity index (χ1v) is 7.12. The number of hydrogen-bond acceptors (Lipinski definition) is 4. The SMILES string of the molecule is Cc1cccc(N2CCN(C(=O)c3ncn[nH]3)CC2)c1C. The van der Waals surface area contributed by atoms with Crippen molar-refractivity contribution >= 4 is 11.6 Å². The highest BCUT2D eigenvalue weighted by atomic mass is 16.2.